The summed E-state index contributed by atoms with van der Waals surface area (Å²) in [6.45, 7) is 2.34. The summed E-state index contributed by atoms with van der Waals surface area (Å²) in [6.07, 6.45) is 3.64. The van der Waals surface area contributed by atoms with Gasteiger partial charge in [0.1, 0.15) is 0 Å². The molecule has 1 aliphatic rings. The van der Waals surface area contributed by atoms with Crippen LogP contribution in [0.25, 0.3) is 0 Å². The van der Waals surface area contributed by atoms with Crippen LogP contribution in [0.1, 0.15) is 44.1 Å². The number of nitrogens with one attached hydrogen (secondary N) is 1. The van der Waals surface area contributed by atoms with E-state index >= 15 is 0 Å². The van der Waals surface area contributed by atoms with Gasteiger partial charge in [-0.05, 0) is 31.2 Å². The zero-order valence-corrected chi connectivity index (χ0v) is 12.4. The molecule has 2 rings (SSSR count). The second-order valence-electron chi connectivity index (χ2n) is 5.87. The van der Waals surface area contributed by atoms with Crippen LogP contribution in [0.3, 0.4) is 0 Å². The molecule has 114 valence electrons. The van der Waals surface area contributed by atoms with Crippen molar-refractivity contribution in [3.8, 4) is 0 Å². The van der Waals surface area contributed by atoms with Crippen molar-refractivity contribution in [3.63, 3.8) is 0 Å². The monoisotopic (exact) mass is 289 g/mol. The van der Waals surface area contributed by atoms with E-state index in [4.69, 9.17) is 0 Å². The molecule has 0 saturated heterocycles. The van der Waals surface area contributed by atoms with Crippen molar-refractivity contribution < 1.29 is 14.7 Å². The number of carbonyl (C=O) groups is 2. The molecule has 1 fully saturated rings. The Kier molecular flexibility index (Phi) is 5.37. The molecule has 0 bridgehead atoms. The van der Waals surface area contributed by atoms with Gasteiger partial charge in [0.05, 0.1) is 11.8 Å². The van der Waals surface area contributed by atoms with Crippen molar-refractivity contribution in [2.45, 2.75) is 38.5 Å². The smallest absolute Gasteiger partial charge is 0.306 e. The lowest BCUT2D eigenvalue weighted by atomic mass is 9.79. The fourth-order valence-corrected chi connectivity index (χ4v) is 3.05. The van der Waals surface area contributed by atoms with Crippen LogP contribution in [-0.4, -0.2) is 23.5 Å². The number of carboxylic acids is 1. The first-order valence-corrected chi connectivity index (χ1v) is 7.65. The van der Waals surface area contributed by atoms with E-state index in [1.54, 1.807) is 0 Å². The highest BCUT2D eigenvalue weighted by Crippen LogP contribution is 2.30. The number of carboxylic acid groups (broad SMARTS) is 1. The van der Waals surface area contributed by atoms with Crippen LogP contribution in [-0.2, 0) is 9.59 Å². The van der Waals surface area contributed by atoms with E-state index < -0.39 is 5.97 Å². The zero-order chi connectivity index (χ0) is 15.2. The average Bonchev–Trinajstić information content (AvgIpc) is 2.52. The van der Waals surface area contributed by atoms with Crippen molar-refractivity contribution in [1.29, 1.82) is 0 Å². The van der Waals surface area contributed by atoms with E-state index in [1.807, 2.05) is 37.3 Å². The lowest BCUT2D eigenvalue weighted by molar-refractivity contribution is -0.145. The number of rotatable bonds is 5. The summed E-state index contributed by atoms with van der Waals surface area (Å²) in [5.74, 6) is -1.23. The lowest BCUT2D eigenvalue weighted by Gasteiger charge is -2.29. The largest absolute Gasteiger partial charge is 0.481 e. The number of aliphatic carboxylic acids is 1. The maximum absolute atomic E-state index is 12.2. The van der Waals surface area contributed by atoms with E-state index in [1.165, 1.54) is 0 Å². The third kappa shape index (κ3) is 4.06. The van der Waals surface area contributed by atoms with Crippen molar-refractivity contribution in [3.05, 3.63) is 35.9 Å². The van der Waals surface area contributed by atoms with Gasteiger partial charge in [-0.1, -0.05) is 43.2 Å². The minimum absolute atomic E-state index is 0.0316. The molecule has 21 heavy (non-hydrogen) atoms. The highest BCUT2D eigenvalue weighted by Gasteiger charge is 2.31. The SMILES string of the molecule is CC(C(=O)NCC1CCCCC1C(=O)O)c1ccccc1. The first-order chi connectivity index (χ1) is 10.1. The Hall–Kier alpha value is -1.84. The Balaban J connectivity index is 1.89. The molecule has 3 atom stereocenters. The summed E-state index contributed by atoms with van der Waals surface area (Å²) < 4.78 is 0. The summed E-state index contributed by atoms with van der Waals surface area (Å²) in [7, 11) is 0. The Morgan fingerprint density at radius 1 is 1.24 bits per heavy atom. The zero-order valence-electron chi connectivity index (χ0n) is 12.4. The van der Waals surface area contributed by atoms with Gasteiger partial charge in [-0.15, -0.1) is 0 Å². The minimum Gasteiger partial charge on any atom is -0.481 e. The molecule has 1 aromatic rings. The maximum Gasteiger partial charge on any atom is 0.306 e. The minimum atomic E-state index is -0.731. The van der Waals surface area contributed by atoms with E-state index in [0.717, 1.165) is 31.2 Å². The number of hydrogen-bond donors (Lipinski definition) is 2. The molecule has 3 unspecified atom stereocenters. The molecule has 4 nitrogen and oxygen atoms in total. The predicted molar refractivity (Wildman–Crippen MR) is 81.0 cm³/mol. The van der Waals surface area contributed by atoms with Gasteiger partial charge in [0, 0.05) is 6.54 Å². The van der Waals surface area contributed by atoms with Gasteiger partial charge in [-0.3, -0.25) is 9.59 Å². The van der Waals surface area contributed by atoms with Crippen LogP contribution in [0, 0.1) is 11.8 Å². The van der Waals surface area contributed by atoms with E-state index in [0.29, 0.717) is 6.54 Å². The Morgan fingerprint density at radius 2 is 1.90 bits per heavy atom. The molecule has 1 aliphatic carbocycles. The average molecular weight is 289 g/mol. The van der Waals surface area contributed by atoms with Crippen LogP contribution in [0.2, 0.25) is 0 Å². The van der Waals surface area contributed by atoms with Gasteiger partial charge in [0.25, 0.3) is 0 Å². The summed E-state index contributed by atoms with van der Waals surface area (Å²) in [5, 5.41) is 12.2. The molecule has 1 amide bonds. The summed E-state index contributed by atoms with van der Waals surface area (Å²) in [5.41, 5.74) is 0.980. The van der Waals surface area contributed by atoms with Crippen LogP contribution in [0.4, 0.5) is 0 Å². The van der Waals surface area contributed by atoms with Crippen molar-refractivity contribution >= 4 is 11.9 Å². The second kappa shape index (κ2) is 7.25. The van der Waals surface area contributed by atoms with Crippen LogP contribution < -0.4 is 5.32 Å². The summed E-state index contributed by atoms with van der Waals surface area (Å²) in [4.78, 5) is 23.5. The lowest BCUT2D eigenvalue weighted by Crippen LogP contribution is -2.38. The van der Waals surface area contributed by atoms with Crippen LogP contribution in [0.15, 0.2) is 30.3 Å². The molecule has 1 saturated carbocycles. The molecule has 0 radical (unpaired) electrons. The van der Waals surface area contributed by atoms with Gasteiger partial charge in [-0.25, -0.2) is 0 Å². The molecule has 0 spiro atoms. The fourth-order valence-electron chi connectivity index (χ4n) is 3.05. The molecule has 2 N–H and O–H groups in total. The van der Waals surface area contributed by atoms with Gasteiger partial charge in [0.15, 0.2) is 0 Å². The molecule has 0 aliphatic heterocycles. The highest BCUT2D eigenvalue weighted by atomic mass is 16.4. The predicted octanol–water partition coefficient (Wildman–Crippen LogP) is 2.80. The van der Waals surface area contributed by atoms with Crippen molar-refractivity contribution in [2.75, 3.05) is 6.54 Å². The van der Waals surface area contributed by atoms with Crippen LogP contribution >= 0.6 is 0 Å². The van der Waals surface area contributed by atoms with Crippen molar-refractivity contribution in [2.24, 2.45) is 11.8 Å². The van der Waals surface area contributed by atoms with Crippen molar-refractivity contribution in [1.82, 2.24) is 5.32 Å². The first kappa shape index (κ1) is 15.5. The third-order valence-corrected chi connectivity index (χ3v) is 4.46. The first-order valence-electron chi connectivity index (χ1n) is 7.65. The molecule has 0 heterocycles. The third-order valence-electron chi connectivity index (χ3n) is 4.46. The Labute approximate surface area is 125 Å². The summed E-state index contributed by atoms with van der Waals surface area (Å²) in [6, 6.07) is 9.63. The topological polar surface area (TPSA) is 66.4 Å². The van der Waals surface area contributed by atoms with E-state index in [-0.39, 0.29) is 23.7 Å². The maximum atomic E-state index is 12.2. The quantitative estimate of drug-likeness (QED) is 0.876. The van der Waals surface area contributed by atoms with Crippen LogP contribution in [0.5, 0.6) is 0 Å². The van der Waals surface area contributed by atoms with Gasteiger partial charge in [-0.2, -0.15) is 0 Å². The number of amides is 1. The summed E-state index contributed by atoms with van der Waals surface area (Å²) >= 11 is 0. The molecular formula is C17H23NO3. The normalized spacial score (nSPS) is 23.3. The highest BCUT2D eigenvalue weighted by molar-refractivity contribution is 5.83. The molecule has 0 aromatic heterocycles. The molecule has 4 heteroatoms. The molecular weight excluding hydrogens is 266 g/mol. The Morgan fingerprint density at radius 3 is 2.57 bits per heavy atom. The fraction of sp³-hybridized carbons (Fsp3) is 0.529. The van der Waals surface area contributed by atoms with Gasteiger partial charge in [0.2, 0.25) is 5.91 Å². The number of hydrogen-bond acceptors (Lipinski definition) is 2. The molecule has 1 aromatic carbocycles. The standard InChI is InChI=1S/C17H23NO3/c1-12(13-7-3-2-4-8-13)16(19)18-11-14-9-5-6-10-15(14)17(20)21/h2-4,7-8,12,14-15H,5-6,9-11H2,1H3,(H,18,19)(H,20,21). The Bertz CT molecular complexity index is 486. The number of carbonyl (C=O) groups excluding carboxylic acids is 1. The number of benzene rings is 1. The van der Waals surface area contributed by atoms with E-state index in [9.17, 15) is 14.7 Å². The van der Waals surface area contributed by atoms with E-state index in [2.05, 4.69) is 5.32 Å². The van der Waals surface area contributed by atoms with Gasteiger partial charge >= 0.3 is 5.97 Å². The van der Waals surface area contributed by atoms with Gasteiger partial charge < -0.3 is 10.4 Å². The second-order valence-corrected chi connectivity index (χ2v) is 5.87.